The van der Waals surface area contributed by atoms with Gasteiger partial charge in [0, 0.05) is 46.7 Å². The maximum atomic E-state index is 6.63. The van der Waals surface area contributed by atoms with E-state index in [0.29, 0.717) is 0 Å². The molecule has 6 aromatic rings. The third-order valence-corrected chi connectivity index (χ3v) is 9.50. The Balaban J connectivity index is 1.18. The zero-order valence-electron chi connectivity index (χ0n) is 28.4. The molecule has 4 heterocycles. The molecule has 0 saturated carbocycles. The largest absolute Gasteiger partial charge is 0.457 e. The summed E-state index contributed by atoms with van der Waals surface area (Å²) in [6, 6.07) is 32.2. The number of anilines is 1. The molecular formula is C43H40N4O. The van der Waals surface area contributed by atoms with E-state index in [1.807, 2.05) is 12.3 Å². The molecule has 5 nitrogen and oxygen atoms in total. The average Bonchev–Trinajstić information content (AvgIpc) is 3.60. The summed E-state index contributed by atoms with van der Waals surface area (Å²) in [5.74, 6) is 2.47. The summed E-state index contributed by atoms with van der Waals surface area (Å²) >= 11 is 0. The third kappa shape index (κ3) is 5.07. The number of fused-ring (bicyclic) bond motifs is 4. The van der Waals surface area contributed by atoms with E-state index in [-0.39, 0.29) is 11.6 Å². The average molecular weight is 629 g/mol. The van der Waals surface area contributed by atoms with E-state index >= 15 is 0 Å². The fourth-order valence-electron chi connectivity index (χ4n) is 7.33. The number of pyridine rings is 1. The lowest BCUT2D eigenvalue weighted by molar-refractivity contribution is 0.469. The maximum Gasteiger partial charge on any atom is 0.137 e. The number of para-hydroxylation sites is 1. The van der Waals surface area contributed by atoms with E-state index in [4.69, 9.17) is 9.72 Å². The van der Waals surface area contributed by atoms with Crippen molar-refractivity contribution in [2.24, 2.45) is 0 Å². The number of rotatable bonds is 5. The van der Waals surface area contributed by atoms with Crippen LogP contribution < -0.4 is 9.64 Å². The number of ether oxygens (including phenoxy) is 1. The Hall–Kier alpha value is -5.55. The summed E-state index contributed by atoms with van der Waals surface area (Å²) in [6.07, 6.45) is 12.9. The molecule has 0 amide bonds. The summed E-state index contributed by atoms with van der Waals surface area (Å²) in [6.45, 7) is 13.3. The number of aromatic nitrogens is 2. The minimum absolute atomic E-state index is 0.0135. The molecule has 238 valence electrons. The summed E-state index contributed by atoms with van der Waals surface area (Å²) in [5.41, 5.74) is 10.8. The second kappa shape index (κ2) is 11.3. The summed E-state index contributed by atoms with van der Waals surface area (Å²) in [5, 5.41) is 2.36. The van der Waals surface area contributed by atoms with Crippen LogP contribution in [-0.2, 0) is 5.41 Å². The first-order valence-corrected chi connectivity index (χ1v) is 16.7. The van der Waals surface area contributed by atoms with Crippen LogP contribution in [0.5, 0.6) is 11.5 Å². The van der Waals surface area contributed by atoms with Crippen LogP contribution in [-0.4, -0.2) is 20.6 Å². The number of hydrogen-bond acceptors (Lipinski definition) is 4. The minimum Gasteiger partial charge on any atom is -0.457 e. The zero-order chi connectivity index (χ0) is 33.2. The lowest BCUT2D eigenvalue weighted by atomic mass is 9.88. The number of allylic oxidation sites excluding steroid dienone is 2. The molecule has 48 heavy (non-hydrogen) atoms. The third-order valence-electron chi connectivity index (χ3n) is 9.50. The summed E-state index contributed by atoms with van der Waals surface area (Å²) in [7, 11) is 0. The van der Waals surface area contributed by atoms with Crippen LogP contribution in [0.4, 0.5) is 5.69 Å². The first-order chi connectivity index (χ1) is 23.2. The highest BCUT2D eigenvalue weighted by molar-refractivity contribution is 6.09. The van der Waals surface area contributed by atoms with Crippen molar-refractivity contribution in [3.8, 4) is 17.3 Å². The van der Waals surface area contributed by atoms with E-state index in [1.165, 1.54) is 38.7 Å². The molecule has 2 aliphatic rings. The van der Waals surface area contributed by atoms with E-state index in [1.54, 1.807) is 0 Å². The predicted molar refractivity (Wildman–Crippen MR) is 199 cm³/mol. The van der Waals surface area contributed by atoms with Crippen molar-refractivity contribution in [1.82, 2.24) is 14.5 Å². The lowest BCUT2D eigenvalue weighted by Crippen LogP contribution is -2.36. The number of benzene rings is 4. The van der Waals surface area contributed by atoms with Gasteiger partial charge in [-0.15, -0.1) is 0 Å². The highest BCUT2D eigenvalue weighted by Gasteiger charge is 2.33. The van der Waals surface area contributed by atoms with Gasteiger partial charge in [0.15, 0.2) is 0 Å². The fourth-order valence-corrected chi connectivity index (χ4v) is 7.33. The van der Waals surface area contributed by atoms with Crippen LogP contribution >= 0.6 is 0 Å². The molecule has 4 aromatic carbocycles. The number of nitrogens with zero attached hydrogens (tertiary/aromatic N) is 4. The van der Waals surface area contributed by atoms with Gasteiger partial charge < -0.3 is 14.5 Å². The van der Waals surface area contributed by atoms with Crippen molar-refractivity contribution >= 4 is 33.2 Å². The van der Waals surface area contributed by atoms with Crippen LogP contribution in [0, 0.1) is 20.8 Å². The van der Waals surface area contributed by atoms with Crippen LogP contribution in [0.25, 0.3) is 33.3 Å². The van der Waals surface area contributed by atoms with Crippen molar-refractivity contribution in [3.63, 3.8) is 0 Å². The van der Waals surface area contributed by atoms with Gasteiger partial charge in [0.25, 0.3) is 0 Å². The van der Waals surface area contributed by atoms with Gasteiger partial charge in [-0.05, 0) is 97.5 Å². The lowest BCUT2D eigenvalue weighted by Gasteiger charge is -2.33. The molecule has 0 aliphatic carbocycles. The van der Waals surface area contributed by atoms with Crippen molar-refractivity contribution in [1.29, 1.82) is 0 Å². The Morgan fingerprint density at radius 3 is 2.29 bits per heavy atom. The molecule has 0 spiro atoms. The Labute approximate surface area is 282 Å². The smallest absolute Gasteiger partial charge is 0.137 e. The van der Waals surface area contributed by atoms with E-state index < -0.39 is 0 Å². The Bertz CT molecular complexity index is 2290. The molecule has 0 bridgehead atoms. The molecule has 5 heteroatoms. The highest BCUT2D eigenvalue weighted by Crippen LogP contribution is 2.41. The molecular weight excluding hydrogens is 589 g/mol. The topological polar surface area (TPSA) is 33.5 Å². The Morgan fingerprint density at radius 2 is 1.48 bits per heavy atom. The van der Waals surface area contributed by atoms with Crippen LogP contribution in [0.15, 0.2) is 128 Å². The first kappa shape index (κ1) is 29.8. The second-order valence-corrected chi connectivity index (χ2v) is 14.0. The van der Waals surface area contributed by atoms with E-state index in [0.717, 1.165) is 39.6 Å². The summed E-state index contributed by atoms with van der Waals surface area (Å²) in [4.78, 5) is 9.56. The SMILES string of the molecule is Cc1cc(C)c(N2C=C(c3cccc(Oc4ccc5c6ccccc6n(-c6cc(C(C)(C)C)ccn6)c5c4)c3)N3C=CC=CC32)c(C)c1. The summed E-state index contributed by atoms with van der Waals surface area (Å²) < 4.78 is 8.88. The van der Waals surface area contributed by atoms with Gasteiger partial charge in [0.05, 0.1) is 16.7 Å². The standard InChI is InChI=1S/C43H40N4O/c1-28-22-29(2)42(30(3)23-28)46-27-39(45-21-10-9-16-41(45)46)31-12-11-13-33(24-31)48-34-17-18-36-35-14-7-8-15-37(35)47(38(36)26-34)40-25-32(19-20-44-40)43(4,5)6/h7-27,41H,1-6H3. The zero-order valence-corrected chi connectivity index (χ0v) is 28.4. The predicted octanol–water partition coefficient (Wildman–Crippen LogP) is 10.7. The van der Waals surface area contributed by atoms with Gasteiger partial charge in [0.1, 0.15) is 23.5 Å². The van der Waals surface area contributed by atoms with Crippen molar-refractivity contribution in [3.05, 3.63) is 156 Å². The monoisotopic (exact) mass is 628 g/mol. The maximum absolute atomic E-state index is 6.63. The van der Waals surface area contributed by atoms with E-state index in [2.05, 4.69) is 171 Å². The molecule has 0 radical (unpaired) electrons. The molecule has 1 atom stereocenters. The molecule has 0 fully saturated rings. The van der Waals surface area contributed by atoms with Crippen LogP contribution in [0.3, 0.4) is 0 Å². The van der Waals surface area contributed by atoms with Gasteiger partial charge in [-0.1, -0.05) is 74.9 Å². The molecule has 2 aliphatic heterocycles. The van der Waals surface area contributed by atoms with Gasteiger partial charge in [-0.2, -0.15) is 0 Å². The normalized spacial score (nSPS) is 15.8. The van der Waals surface area contributed by atoms with Crippen LogP contribution in [0.1, 0.15) is 48.6 Å². The number of hydrogen-bond donors (Lipinski definition) is 0. The molecule has 0 saturated heterocycles. The molecule has 2 aromatic heterocycles. The molecule has 0 N–H and O–H groups in total. The van der Waals surface area contributed by atoms with Crippen molar-refractivity contribution in [2.75, 3.05) is 4.90 Å². The first-order valence-electron chi connectivity index (χ1n) is 16.7. The molecule has 1 unspecified atom stereocenters. The Kier molecular flexibility index (Phi) is 7.03. The molecule has 8 rings (SSSR count). The van der Waals surface area contributed by atoms with Gasteiger partial charge >= 0.3 is 0 Å². The van der Waals surface area contributed by atoms with Gasteiger partial charge in [-0.3, -0.25) is 4.57 Å². The fraction of sp³-hybridized carbons (Fsp3) is 0.186. The van der Waals surface area contributed by atoms with Gasteiger partial charge in [-0.25, -0.2) is 4.98 Å². The van der Waals surface area contributed by atoms with Gasteiger partial charge in [0.2, 0.25) is 0 Å². The van der Waals surface area contributed by atoms with Crippen LogP contribution in [0.2, 0.25) is 0 Å². The Morgan fingerprint density at radius 1 is 0.708 bits per heavy atom. The highest BCUT2D eigenvalue weighted by atomic mass is 16.5. The van der Waals surface area contributed by atoms with E-state index in [9.17, 15) is 0 Å². The van der Waals surface area contributed by atoms with Crippen molar-refractivity contribution < 1.29 is 4.74 Å². The van der Waals surface area contributed by atoms with Crippen molar-refractivity contribution in [2.45, 2.75) is 53.1 Å². The quantitative estimate of drug-likeness (QED) is 0.190. The minimum atomic E-state index is 0.0135. The second-order valence-electron chi connectivity index (χ2n) is 14.0. The number of aryl methyl sites for hydroxylation is 3.